The first kappa shape index (κ1) is 15.2. The number of nitrogens with zero attached hydrogens (tertiary/aromatic N) is 4. The Morgan fingerprint density at radius 1 is 1.14 bits per heavy atom. The highest BCUT2D eigenvalue weighted by atomic mass is 19.1. The summed E-state index contributed by atoms with van der Waals surface area (Å²) in [7, 11) is 0. The van der Waals surface area contributed by atoms with E-state index in [1.165, 1.54) is 0 Å². The molecule has 0 spiro atoms. The minimum absolute atomic E-state index is 0.170. The van der Waals surface area contributed by atoms with Crippen LogP contribution in [0, 0.1) is 0 Å². The third kappa shape index (κ3) is 3.73. The van der Waals surface area contributed by atoms with Gasteiger partial charge in [-0.1, -0.05) is 12.8 Å². The summed E-state index contributed by atoms with van der Waals surface area (Å²) in [5.41, 5.74) is 4.64. The van der Waals surface area contributed by atoms with E-state index in [0.29, 0.717) is 24.7 Å². The Labute approximate surface area is 129 Å². The van der Waals surface area contributed by atoms with Crippen LogP contribution in [-0.2, 0) is 0 Å². The number of nitrogen functional groups attached to an aromatic ring is 1. The highest BCUT2D eigenvalue weighted by Crippen LogP contribution is 2.33. The van der Waals surface area contributed by atoms with Crippen molar-refractivity contribution in [2.75, 3.05) is 48.7 Å². The Kier molecular flexibility index (Phi) is 4.56. The molecule has 3 rings (SSSR count). The first-order valence-electron chi connectivity index (χ1n) is 8.05. The first-order chi connectivity index (χ1) is 10.6. The predicted octanol–water partition coefficient (Wildman–Crippen LogP) is 0.948. The molecule has 1 aromatic heterocycles. The van der Waals surface area contributed by atoms with Crippen LogP contribution in [0.2, 0.25) is 0 Å². The van der Waals surface area contributed by atoms with Gasteiger partial charge in [-0.05, 0) is 25.8 Å². The highest BCUT2D eigenvalue weighted by molar-refractivity contribution is 5.42. The number of nitrogens with two attached hydrogens (primary N) is 1. The number of aromatic nitrogens is 3. The third-order valence-corrected chi connectivity index (χ3v) is 4.33. The molecule has 0 unspecified atom stereocenters. The molecule has 4 N–H and O–H groups in total. The quantitative estimate of drug-likeness (QED) is 0.762. The van der Waals surface area contributed by atoms with Gasteiger partial charge in [-0.3, -0.25) is 0 Å². The molecule has 1 aromatic rings. The zero-order valence-corrected chi connectivity index (χ0v) is 12.8. The molecule has 0 radical (unpaired) electrons. The molecule has 1 saturated carbocycles. The Bertz CT molecular complexity index is 496. The summed E-state index contributed by atoms with van der Waals surface area (Å²) in [5, 5.41) is 6.34. The fourth-order valence-corrected chi connectivity index (χ4v) is 3.07. The zero-order valence-electron chi connectivity index (χ0n) is 12.8. The second kappa shape index (κ2) is 6.60. The zero-order chi connectivity index (χ0) is 15.4. The summed E-state index contributed by atoms with van der Waals surface area (Å²) in [6.07, 6.45) is 4.13. The molecule has 2 aliphatic rings. The van der Waals surface area contributed by atoms with Gasteiger partial charge >= 0.3 is 0 Å². The van der Waals surface area contributed by atoms with Crippen molar-refractivity contribution in [1.29, 1.82) is 0 Å². The van der Waals surface area contributed by atoms with E-state index in [2.05, 4.69) is 30.5 Å². The summed E-state index contributed by atoms with van der Waals surface area (Å²) in [5.74, 6) is 1.10. The van der Waals surface area contributed by atoms with Gasteiger partial charge in [-0.25, -0.2) is 4.39 Å². The van der Waals surface area contributed by atoms with Gasteiger partial charge < -0.3 is 21.3 Å². The van der Waals surface area contributed by atoms with Crippen molar-refractivity contribution in [3.05, 3.63) is 0 Å². The Morgan fingerprint density at radius 3 is 2.77 bits per heavy atom. The molecule has 1 aliphatic heterocycles. The smallest absolute Gasteiger partial charge is 0.231 e. The number of anilines is 3. The summed E-state index contributed by atoms with van der Waals surface area (Å²) >= 11 is 0. The number of nitrogens with one attached hydrogen (secondary N) is 2. The van der Waals surface area contributed by atoms with Crippen molar-refractivity contribution in [3.8, 4) is 0 Å². The SMILES string of the molecule is Nc1nc(NCC2(F)CCCC2)nc(N2CCCNCC2)n1. The van der Waals surface area contributed by atoms with Crippen LogP contribution in [0.4, 0.5) is 22.2 Å². The van der Waals surface area contributed by atoms with Crippen LogP contribution in [-0.4, -0.2) is 53.3 Å². The van der Waals surface area contributed by atoms with Gasteiger partial charge in [-0.15, -0.1) is 0 Å². The van der Waals surface area contributed by atoms with E-state index in [1.807, 2.05) is 0 Å². The molecule has 7 nitrogen and oxygen atoms in total. The van der Waals surface area contributed by atoms with E-state index < -0.39 is 5.67 Å². The predicted molar refractivity (Wildman–Crippen MR) is 84.7 cm³/mol. The van der Waals surface area contributed by atoms with Crippen LogP contribution < -0.4 is 21.3 Å². The summed E-state index contributed by atoms with van der Waals surface area (Å²) in [6.45, 7) is 3.82. The molecule has 0 amide bonds. The van der Waals surface area contributed by atoms with Crippen LogP contribution in [0.3, 0.4) is 0 Å². The minimum atomic E-state index is -1.14. The Balaban J connectivity index is 1.69. The maximum Gasteiger partial charge on any atom is 0.231 e. The lowest BCUT2D eigenvalue weighted by Gasteiger charge is -2.22. The van der Waals surface area contributed by atoms with E-state index in [0.717, 1.165) is 45.4 Å². The molecule has 0 bridgehead atoms. The summed E-state index contributed by atoms with van der Waals surface area (Å²) in [4.78, 5) is 14.8. The van der Waals surface area contributed by atoms with Crippen LogP contribution in [0.5, 0.6) is 0 Å². The lowest BCUT2D eigenvalue weighted by atomic mass is 10.1. The molecule has 1 saturated heterocycles. The molecule has 2 heterocycles. The molecule has 1 aliphatic carbocycles. The topological polar surface area (TPSA) is 92.0 Å². The van der Waals surface area contributed by atoms with Crippen molar-refractivity contribution in [2.24, 2.45) is 0 Å². The van der Waals surface area contributed by atoms with E-state index in [9.17, 15) is 4.39 Å². The first-order valence-corrected chi connectivity index (χ1v) is 8.05. The van der Waals surface area contributed by atoms with E-state index in [1.54, 1.807) is 0 Å². The number of hydrogen-bond acceptors (Lipinski definition) is 7. The highest BCUT2D eigenvalue weighted by Gasteiger charge is 2.33. The van der Waals surface area contributed by atoms with Crippen LogP contribution in [0.25, 0.3) is 0 Å². The summed E-state index contributed by atoms with van der Waals surface area (Å²) < 4.78 is 14.4. The lowest BCUT2D eigenvalue weighted by molar-refractivity contribution is 0.189. The lowest BCUT2D eigenvalue weighted by Crippen LogP contribution is -2.31. The van der Waals surface area contributed by atoms with Gasteiger partial charge in [-0.2, -0.15) is 15.0 Å². The number of halogens is 1. The molecule has 22 heavy (non-hydrogen) atoms. The fraction of sp³-hybridized carbons (Fsp3) is 0.786. The second-order valence-electron chi connectivity index (χ2n) is 6.12. The van der Waals surface area contributed by atoms with Gasteiger partial charge in [0.05, 0.1) is 6.54 Å². The monoisotopic (exact) mass is 309 g/mol. The van der Waals surface area contributed by atoms with E-state index in [-0.39, 0.29) is 12.5 Å². The maximum atomic E-state index is 14.4. The van der Waals surface area contributed by atoms with Crippen LogP contribution in [0.1, 0.15) is 32.1 Å². The normalized spacial score (nSPS) is 21.6. The molecule has 0 atom stereocenters. The molecule has 0 aromatic carbocycles. The van der Waals surface area contributed by atoms with Gasteiger partial charge in [0.1, 0.15) is 5.67 Å². The maximum absolute atomic E-state index is 14.4. The number of rotatable bonds is 4. The number of hydrogen-bond donors (Lipinski definition) is 3. The molecule has 122 valence electrons. The van der Waals surface area contributed by atoms with Gasteiger partial charge in [0.2, 0.25) is 17.8 Å². The van der Waals surface area contributed by atoms with Gasteiger partial charge in [0.25, 0.3) is 0 Å². The Hall–Kier alpha value is -1.70. The van der Waals surface area contributed by atoms with Crippen molar-refractivity contribution in [3.63, 3.8) is 0 Å². The Morgan fingerprint density at radius 2 is 1.95 bits per heavy atom. The third-order valence-electron chi connectivity index (χ3n) is 4.33. The fourth-order valence-electron chi connectivity index (χ4n) is 3.07. The largest absolute Gasteiger partial charge is 0.368 e. The summed E-state index contributed by atoms with van der Waals surface area (Å²) in [6, 6.07) is 0. The van der Waals surface area contributed by atoms with E-state index >= 15 is 0 Å². The van der Waals surface area contributed by atoms with Crippen LogP contribution >= 0.6 is 0 Å². The number of alkyl halides is 1. The van der Waals surface area contributed by atoms with Crippen LogP contribution in [0.15, 0.2) is 0 Å². The van der Waals surface area contributed by atoms with Crippen molar-refractivity contribution in [2.45, 2.75) is 37.8 Å². The van der Waals surface area contributed by atoms with Crippen molar-refractivity contribution >= 4 is 17.8 Å². The average molecular weight is 309 g/mol. The second-order valence-corrected chi connectivity index (χ2v) is 6.12. The molecule has 2 fully saturated rings. The molecular formula is C14H24FN7. The van der Waals surface area contributed by atoms with Crippen molar-refractivity contribution in [1.82, 2.24) is 20.3 Å². The minimum Gasteiger partial charge on any atom is -0.368 e. The molecular weight excluding hydrogens is 285 g/mol. The average Bonchev–Trinajstić information content (AvgIpc) is 2.76. The molecule has 8 heteroatoms. The standard InChI is InChI=1S/C14H24FN7/c15-14(4-1-2-5-14)10-18-12-19-11(16)20-13(21-12)22-8-3-6-17-7-9-22/h17H,1-10H2,(H3,16,18,19,20,21). The van der Waals surface area contributed by atoms with Gasteiger partial charge in [0.15, 0.2) is 0 Å². The van der Waals surface area contributed by atoms with E-state index in [4.69, 9.17) is 5.73 Å². The van der Waals surface area contributed by atoms with Crippen molar-refractivity contribution < 1.29 is 4.39 Å². The van der Waals surface area contributed by atoms with Gasteiger partial charge in [0, 0.05) is 19.6 Å².